The molecule has 8 nitrogen and oxygen atoms in total. The molecule has 0 bridgehead atoms. The van der Waals surface area contributed by atoms with Gasteiger partial charge in [-0.25, -0.2) is 9.59 Å². The lowest BCUT2D eigenvalue weighted by molar-refractivity contribution is -0.142. The van der Waals surface area contributed by atoms with Gasteiger partial charge in [-0.1, -0.05) is 6.92 Å². The minimum Gasteiger partial charge on any atom is -0.497 e. The molecule has 0 saturated heterocycles. The van der Waals surface area contributed by atoms with Crippen molar-refractivity contribution in [1.29, 1.82) is 0 Å². The fourth-order valence-electron chi connectivity index (χ4n) is 3.72. The molecule has 2 aromatic rings. The van der Waals surface area contributed by atoms with Crippen molar-refractivity contribution < 1.29 is 33.3 Å². The lowest BCUT2D eigenvalue weighted by Crippen LogP contribution is -2.21. The quantitative estimate of drug-likeness (QED) is 0.417. The standard InChI is InChI=1S/C25H29NO7S/c1-5-32-25(29)23-18-10-6-15(2)12-20(18)34-24(23)26-21(27)14-33-22(28)11-8-16-7-9-17(30-3)13-19(16)31-4/h7-9,11,13,15H,5-6,10,12,14H2,1-4H3,(H,26,27). The Balaban J connectivity index is 1.63. The summed E-state index contributed by atoms with van der Waals surface area (Å²) in [4.78, 5) is 38.3. The molecule has 34 heavy (non-hydrogen) atoms. The van der Waals surface area contributed by atoms with E-state index in [9.17, 15) is 14.4 Å². The van der Waals surface area contributed by atoms with Crippen molar-refractivity contribution in [3.63, 3.8) is 0 Å². The highest BCUT2D eigenvalue weighted by Gasteiger charge is 2.29. The number of esters is 2. The number of carbonyl (C=O) groups excluding carboxylic acids is 3. The Bertz CT molecular complexity index is 1090. The lowest BCUT2D eigenvalue weighted by Gasteiger charge is -2.18. The van der Waals surface area contributed by atoms with Gasteiger partial charge in [-0.15, -0.1) is 11.3 Å². The van der Waals surface area contributed by atoms with Gasteiger partial charge in [-0.3, -0.25) is 4.79 Å². The third-order valence-corrected chi connectivity index (χ3v) is 6.60. The number of hydrogen-bond acceptors (Lipinski definition) is 8. The van der Waals surface area contributed by atoms with Crippen LogP contribution in [0, 0.1) is 5.92 Å². The largest absolute Gasteiger partial charge is 0.497 e. The van der Waals surface area contributed by atoms with Crippen LogP contribution in [0.3, 0.4) is 0 Å². The van der Waals surface area contributed by atoms with Crippen LogP contribution in [0.5, 0.6) is 11.5 Å². The van der Waals surface area contributed by atoms with Crippen molar-refractivity contribution in [2.75, 3.05) is 32.8 Å². The number of carbonyl (C=O) groups is 3. The Morgan fingerprint density at radius 2 is 1.97 bits per heavy atom. The van der Waals surface area contributed by atoms with E-state index >= 15 is 0 Å². The van der Waals surface area contributed by atoms with E-state index in [1.54, 1.807) is 32.2 Å². The molecule has 1 heterocycles. The lowest BCUT2D eigenvalue weighted by atomic mass is 9.88. The predicted octanol–water partition coefficient (Wildman–Crippen LogP) is 4.26. The maximum atomic E-state index is 12.6. The monoisotopic (exact) mass is 487 g/mol. The summed E-state index contributed by atoms with van der Waals surface area (Å²) in [7, 11) is 3.07. The number of fused-ring (bicyclic) bond motifs is 1. The molecule has 1 aromatic carbocycles. The van der Waals surface area contributed by atoms with Crippen LogP contribution in [0.25, 0.3) is 6.08 Å². The molecule has 3 rings (SSSR count). The van der Waals surface area contributed by atoms with E-state index in [0.717, 1.165) is 29.7 Å². The summed E-state index contributed by atoms with van der Waals surface area (Å²) in [5.74, 6) is 0.0164. The van der Waals surface area contributed by atoms with Gasteiger partial charge in [-0.2, -0.15) is 0 Å². The van der Waals surface area contributed by atoms with Gasteiger partial charge in [-0.05, 0) is 55.9 Å². The summed E-state index contributed by atoms with van der Waals surface area (Å²) in [6, 6.07) is 5.18. The third-order valence-electron chi connectivity index (χ3n) is 5.43. The SMILES string of the molecule is CCOC(=O)c1c(NC(=O)COC(=O)C=Cc2ccc(OC)cc2OC)sc2c1CCC(C)C2. The fourth-order valence-corrected chi connectivity index (χ4v) is 5.13. The summed E-state index contributed by atoms with van der Waals surface area (Å²) in [6.45, 7) is 3.67. The van der Waals surface area contributed by atoms with E-state index < -0.39 is 24.5 Å². The highest BCUT2D eigenvalue weighted by Crippen LogP contribution is 2.40. The predicted molar refractivity (Wildman–Crippen MR) is 130 cm³/mol. The molecule has 0 radical (unpaired) electrons. The second kappa shape index (κ2) is 11.7. The molecule has 0 aliphatic heterocycles. The van der Waals surface area contributed by atoms with Gasteiger partial charge in [0.25, 0.3) is 5.91 Å². The Hall–Kier alpha value is -3.33. The first kappa shape index (κ1) is 25.3. The van der Waals surface area contributed by atoms with Crippen LogP contribution < -0.4 is 14.8 Å². The van der Waals surface area contributed by atoms with E-state index in [4.69, 9.17) is 18.9 Å². The summed E-state index contributed by atoms with van der Waals surface area (Å²) >= 11 is 1.39. The first-order valence-electron chi connectivity index (χ1n) is 11.0. The average molecular weight is 488 g/mol. The molecular formula is C25H29NO7S. The number of rotatable bonds is 9. The number of hydrogen-bond donors (Lipinski definition) is 1. The molecule has 1 atom stereocenters. The number of thiophene rings is 1. The van der Waals surface area contributed by atoms with E-state index in [2.05, 4.69) is 12.2 Å². The summed E-state index contributed by atoms with van der Waals surface area (Å²) in [6.07, 6.45) is 5.35. The smallest absolute Gasteiger partial charge is 0.341 e. The van der Waals surface area contributed by atoms with Crippen molar-refractivity contribution in [2.24, 2.45) is 5.92 Å². The van der Waals surface area contributed by atoms with E-state index in [1.807, 2.05) is 0 Å². The topological polar surface area (TPSA) is 100 Å². The second-order valence-corrected chi connectivity index (χ2v) is 8.98. The maximum absolute atomic E-state index is 12.6. The fraction of sp³-hybridized carbons (Fsp3) is 0.400. The van der Waals surface area contributed by atoms with Crippen LogP contribution in [0.15, 0.2) is 24.3 Å². The molecule has 0 fully saturated rings. The number of ether oxygens (including phenoxy) is 4. The molecule has 1 amide bonds. The highest BCUT2D eigenvalue weighted by molar-refractivity contribution is 7.17. The zero-order chi connectivity index (χ0) is 24.7. The van der Waals surface area contributed by atoms with Crippen LogP contribution in [0.1, 0.15) is 46.6 Å². The van der Waals surface area contributed by atoms with Gasteiger partial charge in [0, 0.05) is 22.6 Å². The van der Waals surface area contributed by atoms with Gasteiger partial charge >= 0.3 is 11.9 Å². The Kier molecular flexibility index (Phi) is 8.70. The molecule has 1 N–H and O–H groups in total. The molecule has 0 saturated carbocycles. The van der Waals surface area contributed by atoms with E-state index in [0.29, 0.717) is 33.5 Å². The number of nitrogens with one attached hydrogen (secondary N) is 1. The summed E-state index contributed by atoms with van der Waals surface area (Å²) < 4.78 is 20.7. The summed E-state index contributed by atoms with van der Waals surface area (Å²) in [5.41, 5.74) is 2.02. The Morgan fingerprint density at radius 3 is 2.68 bits per heavy atom. The first-order chi connectivity index (χ1) is 16.4. The molecule has 9 heteroatoms. The zero-order valence-corrected chi connectivity index (χ0v) is 20.6. The van der Waals surface area contributed by atoms with E-state index in [-0.39, 0.29) is 6.61 Å². The van der Waals surface area contributed by atoms with Gasteiger partial charge in [0.05, 0.1) is 26.4 Å². The Labute approximate surface area is 202 Å². The Morgan fingerprint density at radius 1 is 1.18 bits per heavy atom. The van der Waals surface area contributed by atoms with Crippen molar-refractivity contribution in [1.82, 2.24) is 0 Å². The second-order valence-electron chi connectivity index (χ2n) is 7.87. The zero-order valence-electron chi connectivity index (χ0n) is 19.8. The minimum absolute atomic E-state index is 0.246. The molecule has 0 spiro atoms. The summed E-state index contributed by atoms with van der Waals surface area (Å²) in [5, 5.41) is 3.17. The van der Waals surface area contributed by atoms with Crippen LogP contribution in [0.2, 0.25) is 0 Å². The van der Waals surface area contributed by atoms with Gasteiger partial charge < -0.3 is 24.3 Å². The van der Waals surface area contributed by atoms with Crippen molar-refractivity contribution >= 4 is 40.3 Å². The van der Waals surface area contributed by atoms with Gasteiger partial charge in [0.1, 0.15) is 16.5 Å². The van der Waals surface area contributed by atoms with Crippen LogP contribution in [-0.4, -0.2) is 45.3 Å². The number of benzene rings is 1. The van der Waals surface area contributed by atoms with Crippen LogP contribution in [0.4, 0.5) is 5.00 Å². The van der Waals surface area contributed by atoms with Gasteiger partial charge in [0.15, 0.2) is 6.61 Å². The third kappa shape index (κ3) is 6.17. The van der Waals surface area contributed by atoms with E-state index in [1.165, 1.54) is 30.6 Å². The first-order valence-corrected chi connectivity index (χ1v) is 11.9. The molecular weight excluding hydrogens is 458 g/mol. The average Bonchev–Trinajstić information content (AvgIpc) is 3.18. The number of methoxy groups -OCH3 is 2. The minimum atomic E-state index is -0.682. The number of anilines is 1. The van der Waals surface area contributed by atoms with Crippen LogP contribution >= 0.6 is 11.3 Å². The van der Waals surface area contributed by atoms with Crippen LogP contribution in [-0.2, 0) is 31.9 Å². The highest BCUT2D eigenvalue weighted by atomic mass is 32.1. The molecule has 1 aromatic heterocycles. The van der Waals surface area contributed by atoms with Crippen molar-refractivity contribution in [2.45, 2.75) is 33.1 Å². The van der Waals surface area contributed by atoms with Crippen molar-refractivity contribution in [3.05, 3.63) is 45.8 Å². The number of amides is 1. The normalized spacial score (nSPS) is 14.9. The van der Waals surface area contributed by atoms with Crippen molar-refractivity contribution in [3.8, 4) is 11.5 Å². The molecule has 182 valence electrons. The molecule has 1 unspecified atom stereocenters. The molecule has 1 aliphatic rings. The van der Waals surface area contributed by atoms with Gasteiger partial charge in [0.2, 0.25) is 0 Å². The maximum Gasteiger partial charge on any atom is 0.341 e. The molecule has 1 aliphatic carbocycles.